The summed E-state index contributed by atoms with van der Waals surface area (Å²) in [6.45, 7) is 8.31. The molecule has 4 rings (SSSR count). The summed E-state index contributed by atoms with van der Waals surface area (Å²) in [7, 11) is 1.64. The van der Waals surface area contributed by atoms with Crippen LogP contribution in [0.1, 0.15) is 47.1 Å². The van der Waals surface area contributed by atoms with E-state index < -0.39 is 0 Å². The van der Waals surface area contributed by atoms with Gasteiger partial charge in [-0.3, -0.25) is 9.89 Å². The van der Waals surface area contributed by atoms with Crippen LogP contribution in [0.5, 0.6) is 5.75 Å². The van der Waals surface area contributed by atoms with Crippen molar-refractivity contribution < 1.29 is 14.3 Å². The Morgan fingerprint density at radius 2 is 2.21 bits per heavy atom. The molecule has 1 atom stereocenters. The molecule has 3 heterocycles. The van der Waals surface area contributed by atoms with Crippen molar-refractivity contribution in [2.45, 2.75) is 39.8 Å². The first-order valence-electron chi connectivity index (χ1n) is 10.00. The number of carbonyl (C=O) groups is 1. The van der Waals surface area contributed by atoms with Crippen LogP contribution in [0.25, 0.3) is 10.9 Å². The first kappa shape index (κ1) is 19.4. The number of aromatic amines is 1. The molecule has 29 heavy (non-hydrogen) atoms. The van der Waals surface area contributed by atoms with Crippen molar-refractivity contribution in [2.24, 2.45) is 0 Å². The fraction of sp³-hybridized carbons (Fsp3) is 0.476. The number of aryl methyl sites for hydroxylation is 2. The van der Waals surface area contributed by atoms with Gasteiger partial charge in [-0.25, -0.2) is 4.98 Å². The topological polar surface area (TPSA) is 85.3 Å². The fourth-order valence-corrected chi connectivity index (χ4v) is 4.02. The molecule has 8 heteroatoms. The number of hydrogen-bond acceptors (Lipinski definition) is 5. The molecule has 1 aliphatic rings. The molecule has 0 aliphatic carbocycles. The lowest BCUT2D eigenvalue weighted by atomic mass is 10.1. The number of rotatable bonds is 5. The van der Waals surface area contributed by atoms with Gasteiger partial charge < -0.3 is 18.9 Å². The average Bonchev–Trinajstić information content (AvgIpc) is 3.29. The molecule has 1 saturated heterocycles. The molecule has 0 bridgehead atoms. The predicted molar refractivity (Wildman–Crippen MR) is 109 cm³/mol. The van der Waals surface area contributed by atoms with E-state index in [1.807, 2.05) is 36.9 Å². The lowest BCUT2D eigenvalue weighted by Crippen LogP contribution is -2.42. The molecular weight excluding hydrogens is 370 g/mol. The fourth-order valence-electron chi connectivity index (χ4n) is 4.02. The number of nitrogens with one attached hydrogen (secondary N) is 1. The maximum absolute atomic E-state index is 13.6. The van der Waals surface area contributed by atoms with Crippen molar-refractivity contribution >= 4 is 16.8 Å². The molecule has 1 aromatic carbocycles. The monoisotopic (exact) mass is 397 g/mol. The number of methoxy groups -OCH3 is 1. The summed E-state index contributed by atoms with van der Waals surface area (Å²) in [5.41, 5.74) is 2.78. The van der Waals surface area contributed by atoms with E-state index in [1.54, 1.807) is 7.11 Å². The number of benzene rings is 1. The van der Waals surface area contributed by atoms with Crippen LogP contribution in [0.4, 0.5) is 0 Å². The van der Waals surface area contributed by atoms with Gasteiger partial charge in [-0.1, -0.05) is 6.92 Å². The average molecular weight is 397 g/mol. The molecule has 1 unspecified atom stereocenters. The van der Waals surface area contributed by atoms with E-state index in [4.69, 9.17) is 9.47 Å². The van der Waals surface area contributed by atoms with Crippen molar-refractivity contribution in [3.8, 4) is 5.75 Å². The number of carbonyl (C=O) groups excluding carboxylic acids is 1. The molecular formula is C21H27N5O3. The van der Waals surface area contributed by atoms with Crippen molar-refractivity contribution in [3.63, 3.8) is 0 Å². The summed E-state index contributed by atoms with van der Waals surface area (Å²) in [6, 6.07) is 5.93. The van der Waals surface area contributed by atoms with Gasteiger partial charge in [-0.2, -0.15) is 5.10 Å². The molecule has 1 N–H and O–H groups in total. The maximum atomic E-state index is 13.6. The number of aromatic nitrogens is 4. The minimum atomic E-state index is -0.323. The molecule has 1 fully saturated rings. The Morgan fingerprint density at radius 1 is 1.38 bits per heavy atom. The number of nitrogens with zero attached hydrogens (tertiary/aromatic N) is 4. The number of hydrogen-bond donors (Lipinski definition) is 1. The van der Waals surface area contributed by atoms with Crippen molar-refractivity contribution in [1.29, 1.82) is 0 Å². The maximum Gasteiger partial charge on any atom is 0.256 e. The SMILES string of the molecule is CCCn1c(C)c(C(=O)N2CCOC(c3n[nH]c(C)n3)C2)c2cc(OC)ccc21. The third kappa shape index (κ3) is 3.48. The molecule has 8 nitrogen and oxygen atoms in total. The van der Waals surface area contributed by atoms with Crippen LogP contribution in [0.2, 0.25) is 0 Å². The van der Waals surface area contributed by atoms with Crippen LogP contribution in [-0.4, -0.2) is 57.4 Å². The van der Waals surface area contributed by atoms with Crippen LogP contribution in [0.15, 0.2) is 18.2 Å². The normalized spacial score (nSPS) is 17.1. The molecule has 0 spiro atoms. The zero-order valence-corrected chi connectivity index (χ0v) is 17.4. The van der Waals surface area contributed by atoms with E-state index >= 15 is 0 Å². The lowest BCUT2D eigenvalue weighted by Gasteiger charge is -2.31. The standard InChI is InChI=1S/C21H27N5O3/c1-5-8-26-13(2)19(16-11-15(28-4)6-7-17(16)26)21(27)25-9-10-29-18(12-25)20-22-14(3)23-24-20/h6-7,11,18H,5,8-10,12H2,1-4H3,(H,22,23,24). The summed E-state index contributed by atoms with van der Waals surface area (Å²) < 4.78 is 13.5. The highest BCUT2D eigenvalue weighted by Gasteiger charge is 2.31. The Labute approximate surface area is 169 Å². The van der Waals surface area contributed by atoms with Gasteiger partial charge in [-0.05, 0) is 38.5 Å². The molecule has 0 saturated carbocycles. The third-order valence-corrected chi connectivity index (χ3v) is 5.45. The number of fused-ring (bicyclic) bond motifs is 1. The van der Waals surface area contributed by atoms with Crippen LogP contribution < -0.4 is 4.74 Å². The highest BCUT2D eigenvalue weighted by atomic mass is 16.5. The van der Waals surface area contributed by atoms with E-state index in [2.05, 4.69) is 26.7 Å². The van der Waals surface area contributed by atoms with E-state index in [0.29, 0.717) is 25.5 Å². The second-order valence-electron chi connectivity index (χ2n) is 7.38. The largest absolute Gasteiger partial charge is 0.497 e. The lowest BCUT2D eigenvalue weighted by molar-refractivity contribution is -0.0266. The molecule has 0 radical (unpaired) electrons. The Morgan fingerprint density at radius 3 is 2.90 bits per heavy atom. The summed E-state index contributed by atoms with van der Waals surface area (Å²) in [5.74, 6) is 2.08. The van der Waals surface area contributed by atoms with Crippen LogP contribution in [-0.2, 0) is 11.3 Å². The summed E-state index contributed by atoms with van der Waals surface area (Å²) in [4.78, 5) is 19.8. The Kier molecular flexibility index (Phi) is 5.27. The van der Waals surface area contributed by atoms with Gasteiger partial charge in [0.1, 0.15) is 17.7 Å². The zero-order valence-electron chi connectivity index (χ0n) is 17.4. The molecule has 1 amide bonds. The predicted octanol–water partition coefficient (Wildman–Crippen LogP) is 3.01. The molecule has 1 aliphatic heterocycles. The Balaban J connectivity index is 1.71. The van der Waals surface area contributed by atoms with E-state index in [9.17, 15) is 4.79 Å². The van der Waals surface area contributed by atoms with Gasteiger partial charge in [0.25, 0.3) is 5.91 Å². The minimum absolute atomic E-state index is 0.0103. The summed E-state index contributed by atoms with van der Waals surface area (Å²) in [6.07, 6.45) is 0.671. The van der Waals surface area contributed by atoms with Gasteiger partial charge >= 0.3 is 0 Å². The highest BCUT2D eigenvalue weighted by Crippen LogP contribution is 2.32. The van der Waals surface area contributed by atoms with Crippen molar-refractivity contribution in [2.75, 3.05) is 26.8 Å². The van der Waals surface area contributed by atoms with Gasteiger partial charge in [-0.15, -0.1) is 0 Å². The van der Waals surface area contributed by atoms with Crippen LogP contribution in [0.3, 0.4) is 0 Å². The number of ether oxygens (including phenoxy) is 2. The molecule has 154 valence electrons. The van der Waals surface area contributed by atoms with E-state index in [1.165, 1.54) is 0 Å². The van der Waals surface area contributed by atoms with Crippen molar-refractivity contribution in [1.82, 2.24) is 24.6 Å². The zero-order chi connectivity index (χ0) is 20.5. The number of H-pyrrole nitrogens is 1. The minimum Gasteiger partial charge on any atom is -0.497 e. The second kappa shape index (κ2) is 7.87. The van der Waals surface area contributed by atoms with Crippen molar-refractivity contribution in [3.05, 3.63) is 41.1 Å². The quantitative estimate of drug-likeness (QED) is 0.715. The van der Waals surface area contributed by atoms with Gasteiger partial charge in [0, 0.05) is 29.7 Å². The summed E-state index contributed by atoms with van der Waals surface area (Å²) in [5, 5.41) is 7.98. The Hall–Kier alpha value is -2.87. The first-order valence-corrected chi connectivity index (χ1v) is 10.00. The third-order valence-electron chi connectivity index (χ3n) is 5.45. The van der Waals surface area contributed by atoms with Crippen LogP contribution in [0, 0.1) is 13.8 Å². The van der Waals surface area contributed by atoms with E-state index in [-0.39, 0.29) is 12.0 Å². The number of amides is 1. The van der Waals surface area contributed by atoms with E-state index in [0.717, 1.165) is 46.7 Å². The first-order chi connectivity index (χ1) is 14.0. The molecule has 3 aromatic rings. The Bertz CT molecular complexity index is 1040. The smallest absolute Gasteiger partial charge is 0.256 e. The highest BCUT2D eigenvalue weighted by molar-refractivity contribution is 6.08. The second-order valence-corrected chi connectivity index (χ2v) is 7.38. The van der Waals surface area contributed by atoms with Crippen LogP contribution >= 0.6 is 0 Å². The van der Waals surface area contributed by atoms with Gasteiger partial charge in [0.2, 0.25) is 0 Å². The number of morpholine rings is 1. The molecule has 2 aromatic heterocycles. The van der Waals surface area contributed by atoms with Gasteiger partial charge in [0.15, 0.2) is 5.82 Å². The van der Waals surface area contributed by atoms with Gasteiger partial charge in [0.05, 0.1) is 25.8 Å². The summed E-state index contributed by atoms with van der Waals surface area (Å²) >= 11 is 0.